The number of aryl methyl sites for hydroxylation is 3. The maximum atomic E-state index is 4.85. The maximum absolute atomic E-state index is 4.85. The van der Waals surface area contributed by atoms with Crippen molar-refractivity contribution in [3.05, 3.63) is 88.2 Å². The van der Waals surface area contributed by atoms with Gasteiger partial charge in [-0.25, -0.2) is 0 Å². The number of hydrogen-bond donors (Lipinski definition) is 0. The standard InChI is InChI=1S/C21H28N2.C11H14N.Fe/c1-15(16-9-8-10-22-14-16)23-19-12-17(20(2,3)4)11-18(13-19)21(5,6)7;1-5-12-11-9(3)6-8(2)7-10(11)4;/h8-14H,1-7H3;5-7H,1H2,2-4H3;. The minimum atomic E-state index is 0.105. The van der Waals surface area contributed by atoms with Gasteiger partial charge in [0.1, 0.15) is 0 Å². The molecule has 0 atom stereocenters. The molecule has 0 aliphatic carbocycles. The van der Waals surface area contributed by atoms with Gasteiger partial charge in [-0.05, 0) is 47.1 Å². The Labute approximate surface area is 227 Å². The van der Waals surface area contributed by atoms with E-state index in [2.05, 4.69) is 119 Å². The summed E-state index contributed by atoms with van der Waals surface area (Å²) < 4.78 is 0. The third-order valence-corrected chi connectivity index (χ3v) is 6.15. The Kier molecular flexibility index (Phi) is 10.4. The predicted octanol–water partition coefficient (Wildman–Crippen LogP) is 9.10. The van der Waals surface area contributed by atoms with Crippen LogP contribution in [0.3, 0.4) is 0 Å². The summed E-state index contributed by atoms with van der Waals surface area (Å²) in [6.45, 7) is 21.8. The van der Waals surface area contributed by atoms with Crippen molar-refractivity contribution in [3.8, 4) is 0 Å². The number of hydrogen-bond acceptors (Lipinski definition) is 3. The molecule has 0 aliphatic heterocycles. The molecule has 3 rings (SSSR count). The van der Waals surface area contributed by atoms with E-state index < -0.39 is 0 Å². The van der Waals surface area contributed by atoms with Crippen LogP contribution in [0.4, 0.5) is 11.4 Å². The van der Waals surface area contributed by atoms with E-state index in [0.717, 1.165) is 28.0 Å². The molecule has 0 saturated carbocycles. The van der Waals surface area contributed by atoms with Gasteiger partial charge in [-0.15, -0.1) is 0 Å². The Balaban J connectivity index is 0.000000297. The number of pyridine rings is 1. The first-order valence-corrected chi connectivity index (χ1v) is 13.3. The zero-order chi connectivity index (χ0) is 27.1. The SMILES string of the molecule is CC(=Nc1cc(C(C)(C)C)cc(C(C)(C)C)c1)c1cccnc1.Cc1cc(C)c(N=C[CH2][Fe])c(C)c1. The van der Waals surface area contributed by atoms with Crippen LogP contribution < -0.4 is 0 Å². The van der Waals surface area contributed by atoms with Gasteiger partial charge in [0, 0.05) is 23.7 Å². The molecule has 2 aromatic carbocycles. The molecular formula is C32H42FeN3. The van der Waals surface area contributed by atoms with Crippen LogP contribution in [0.25, 0.3) is 0 Å². The number of benzene rings is 2. The summed E-state index contributed by atoms with van der Waals surface area (Å²) in [6, 6.07) is 15.0. The van der Waals surface area contributed by atoms with Crippen molar-refractivity contribution in [1.29, 1.82) is 0 Å². The molecule has 0 N–H and O–H groups in total. The van der Waals surface area contributed by atoms with Gasteiger partial charge >= 0.3 is 87.8 Å². The molecule has 0 fully saturated rings. The van der Waals surface area contributed by atoms with Crippen molar-refractivity contribution in [2.45, 2.75) is 85.4 Å². The van der Waals surface area contributed by atoms with E-state index in [0.29, 0.717) is 0 Å². The molecule has 1 heterocycles. The molecule has 36 heavy (non-hydrogen) atoms. The van der Waals surface area contributed by atoms with Crippen LogP contribution in [0, 0.1) is 20.8 Å². The molecule has 3 aromatic rings. The molecule has 0 radical (unpaired) electrons. The molecule has 3 nitrogen and oxygen atoms in total. The average molecular weight is 525 g/mol. The normalized spacial score (nSPS) is 12.5. The summed E-state index contributed by atoms with van der Waals surface area (Å²) in [5.74, 6) is 0. The van der Waals surface area contributed by atoms with Gasteiger partial charge in [0.2, 0.25) is 0 Å². The van der Waals surface area contributed by atoms with Crippen LogP contribution in [-0.2, 0) is 26.8 Å². The van der Waals surface area contributed by atoms with Crippen LogP contribution in [-0.4, -0.2) is 16.9 Å². The van der Waals surface area contributed by atoms with Crippen molar-refractivity contribution >= 4 is 23.3 Å². The summed E-state index contributed by atoms with van der Waals surface area (Å²) in [5, 5.41) is 0.743. The van der Waals surface area contributed by atoms with Crippen molar-refractivity contribution in [2.24, 2.45) is 9.98 Å². The molecule has 0 spiro atoms. The molecule has 4 heteroatoms. The fraction of sp³-hybridized carbons (Fsp3) is 0.406. The third kappa shape index (κ3) is 8.83. The van der Waals surface area contributed by atoms with Crippen LogP contribution >= 0.6 is 0 Å². The van der Waals surface area contributed by atoms with Gasteiger partial charge in [-0.1, -0.05) is 53.7 Å². The molecule has 0 saturated heterocycles. The van der Waals surface area contributed by atoms with E-state index in [4.69, 9.17) is 4.99 Å². The Morgan fingerprint density at radius 1 is 0.889 bits per heavy atom. The number of aromatic nitrogens is 1. The molecular weight excluding hydrogens is 482 g/mol. The summed E-state index contributed by atoms with van der Waals surface area (Å²) in [7, 11) is 0. The van der Waals surface area contributed by atoms with E-state index in [-0.39, 0.29) is 10.8 Å². The van der Waals surface area contributed by atoms with Gasteiger partial charge < -0.3 is 0 Å². The van der Waals surface area contributed by atoms with Crippen molar-refractivity contribution in [1.82, 2.24) is 4.98 Å². The quantitative estimate of drug-likeness (QED) is 0.248. The molecule has 0 amide bonds. The number of nitrogens with zero attached hydrogens (tertiary/aromatic N) is 3. The molecule has 193 valence electrons. The Bertz CT molecular complexity index is 1160. The topological polar surface area (TPSA) is 37.6 Å². The van der Waals surface area contributed by atoms with E-state index in [1.54, 1.807) is 6.20 Å². The molecule has 1 aromatic heterocycles. The van der Waals surface area contributed by atoms with Gasteiger partial charge in [-0.2, -0.15) is 0 Å². The summed E-state index contributed by atoms with van der Waals surface area (Å²) in [5.41, 5.74) is 10.8. The number of rotatable bonds is 4. The van der Waals surface area contributed by atoms with Gasteiger partial charge in [0.25, 0.3) is 0 Å². The zero-order valence-corrected chi connectivity index (χ0v) is 24.8. The van der Waals surface area contributed by atoms with E-state index in [1.807, 2.05) is 31.5 Å². The Hall–Kier alpha value is -2.55. The third-order valence-electron chi connectivity index (χ3n) is 5.95. The Morgan fingerprint density at radius 3 is 1.89 bits per heavy atom. The first kappa shape index (κ1) is 29.7. The van der Waals surface area contributed by atoms with E-state index >= 15 is 0 Å². The van der Waals surface area contributed by atoms with E-state index in [9.17, 15) is 0 Å². The molecule has 0 bridgehead atoms. The summed E-state index contributed by atoms with van der Waals surface area (Å²) >= 11 is 3.73. The van der Waals surface area contributed by atoms with Crippen LogP contribution in [0.15, 0.2) is 64.8 Å². The van der Waals surface area contributed by atoms with Crippen LogP contribution in [0.2, 0.25) is 5.32 Å². The van der Waals surface area contributed by atoms with Crippen molar-refractivity contribution in [2.75, 3.05) is 0 Å². The van der Waals surface area contributed by atoms with Crippen LogP contribution in [0.1, 0.15) is 81.8 Å². The van der Waals surface area contributed by atoms with Gasteiger partial charge in [-0.3, -0.25) is 9.98 Å². The molecule has 0 aliphatic rings. The number of aliphatic imine (C=N–C) groups is 2. The molecule has 0 unspecified atom stereocenters. The second-order valence-corrected chi connectivity index (χ2v) is 11.9. The fourth-order valence-corrected chi connectivity index (χ4v) is 3.98. The first-order valence-electron chi connectivity index (χ1n) is 12.5. The monoisotopic (exact) mass is 524 g/mol. The summed E-state index contributed by atoms with van der Waals surface area (Å²) in [6.07, 6.45) is 5.50. The second kappa shape index (κ2) is 12.6. The van der Waals surface area contributed by atoms with E-state index in [1.165, 1.54) is 27.8 Å². The predicted molar refractivity (Wildman–Crippen MR) is 154 cm³/mol. The van der Waals surface area contributed by atoms with Gasteiger partial charge in [0.05, 0.1) is 5.69 Å². The minimum absolute atomic E-state index is 0.105. The zero-order valence-electron chi connectivity index (χ0n) is 23.7. The first-order chi connectivity index (χ1) is 16.7. The summed E-state index contributed by atoms with van der Waals surface area (Å²) in [4.78, 5) is 13.4. The van der Waals surface area contributed by atoms with Gasteiger partial charge in [0.15, 0.2) is 0 Å². The fourth-order valence-electron chi connectivity index (χ4n) is 3.88. The van der Waals surface area contributed by atoms with Crippen molar-refractivity contribution < 1.29 is 16.0 Å². The van der Waals surface area contributed by atoms with Crippen LogP contribution in [0.5, 0.6) is 0 Å². The average Bonchev–Trinajstić information content (AvgIpc) is 2.78. The van der Waals surface area contributed by atoms with Crippen molar-refractivity contribution in [3.63, 3.8) is 0 Å². The Morgan fingerprint density at radius 2 is 1.44 bits per heavy atom. The second-order valence-electron chi connectivity index (χ2n) is 11.4.